The van der Waals surface area contributed by atoms with Gasteiger partial charge >= 0.3 is 0 Å². The lowest BCUT2D eigenvalue weighted by molar-refractivity contribution is 0.242. The summed E-state index contributed by atoms with van der Waals surface area (Å²) in [5, 5.41) is 10.8. The molecule has 0 bridgehead atoms. The molecule has 1 aromatic rings. The van der Waals surface area contributed by atoms with E-state index in [4.69, 9.17) is 5.11 Å². The number of hydrogen-bond acceptors (Lipinski definition) is 5. The van der Waals surface area contributed by atoms with Crippen molar-refractivity contribution in [3.63, 3.8) is 0 Å². The van der Waals surface area contributed by atoms with Gasteiger partial charge in [0.15, 0.2) is 0 Å². The van der Waals surface area contributed by atoms with E-state index in [1.165, 1.54) is 17.4 Å². The van der Waals surface area contributed by atoms with Crippen LogP contribution in [0.25, 0.3) is 0 Å². The summed E-state index contributed by atoms with van der Waals surface area (Å²) in [5.74, 6) is 0. The van der Waals surface area contributed by atoms with Gasteiger partial charge in [-0.2, -0.15) is 0 Å². The first kappa shape index (κ1) is 16.6. The minimum atomic E-state index is -3.55. The highest BCUT2D eigenvalue weighted by Crippen LogP contribution is 2.23. The molecule has 19 heavy (non-hydrogen) atoms. The second-order valence-corrected chi connectivity index (χ2v) is 8.33. The number of rotatable bonds is 7. The van der Waals surface area contributed by atoms with Crippen LogP contribution >= 0.6 is 11.3 Å². The largest absolute Gasteiger partial charge is 0.391 e. The minimum Gasteiger partial charge on any atom is -0.391 e. The predicted molar refractivity (Wildman–Crippen MR) is 77.8 cm³/mol. The van der Waals surface area contributed by atoms with Gasteiger partial charge in [0.2, 0.25) is 10.0 Å². The summed E-state index contributed by atoms with van der Waals surface area (Å²) in [7, 11) is 0.368. The van der Waals surface area contributed by atoms with Crippen molar-refractivity contribution in [1.82, 2.24) is 9.62 Å². The highest BCUT2D eigenvalue weighted by Gasteiger charge is 2.24. The fourth-order valence-electron chi connectivity index (χ4n) is 1.96. The number of nitrogens with one attached hydrogen (secondary N) is 1. The SMILES string of the molecule is CN(C)CC(C)(C)CNS(=O)(=O)c1ccsc1CO. The third-order valence-corrected chi connectivity index (χ3v) is 5.14. The van der Waals surface area contributed by atoms with Crippen LogP contribution in [-0.4, -0.2) is 45.6 Å². The lowest BCUT2D eigenvalue weighted by atomic mass is 9.93. The van der Waals surface area contributed by atoms with E-state index in [1.54, 1.807) is 5.38 Å². The van der Waals surface area contributed by atoms with Crippen molar-refractivity contribution in [2.24, 2.45) is 5.41 Å². The second-order valence-electron chi connectivity index (χ2n) is 5.59. The van der Waals surface area contributed by atoms with Crippen molar-refractivity contribution in [2.45, 2.75) is 25.3 Å². The molecule has 1 heterocycles. The molecule has 0 aliphatic heterocycles. The molecule has 0 aliphatic rings. The smallest absolute Gasteiger partial charge is 0.241 e. The molecular formula is C12H22N2O3S2. The Morgan fingerprint density at radius 1 is 1.42 bits per heavy atom. The van der Waals surface area contributed by atoms with Gasteiger partial charge in [0.25, 0.3) is 0 Å². The number of sulfonamides is 1. The zero-order valence-corrected chi connectivity index (χ0v) is 13.4. The molecule has 1 aromatic heterocycles. The summed E-state index contributed by atoms with van der Waals surface area (Å²) >= 11 is 1.24. The van der Waals surface area contributed by atoms with E-state index >= 15 is 0 Å². The zero-order valence-electron chi connectivity index (χ0n) is 11.8. The normalized spacial score (nSPS) is 13.2. The van der Waals surface area contributed by atoms with Crippen LogP contribution in [0.1, 0.15) is 18.7 Å². The highest BCUT2D eigenvalue weighted by atomic mass is 32.2. The minimum absolute atomic E-state index is 0.161. The van der Waals surface area contributed by atoms with Gasteiger partial charge in [-0.05, 0) is 31.0 Å². The number of aliphatic hydroxyl groups is 1. The third-order valence-electron chi connectivity index (χ3n) is 2.62. The Balaban J connectivity index is 2.76. The van der Waals surface area contributed by atoms with Crippen molar-refractivity contribution >= 4 is 21.4 Å². The van der Waals surface area contributed by atoms with Crippen LogP contribution in [0.2, 0.25) is 0 Å². The average Bonchev–Trinajstić information content (AvgIpc) is 2.74. The standard InChI is InChI=1S/C12H22N2O3S2/c1-12(2,9-14(3)4)8-13-19(16,17)11-5-6-18-10(11)7-15/h5-6,13,15H,7-9H2,1-4H3. The number of thiophene rings is 1. The van der Waals surface area contributed by atoms with Gasteiger partial charge in [0.1, 0.15) is 0 Å². The van der Waals surface area contributed by atoms with Crippen LogP contribution in [0.4, 0.5) is 0 Å². The van der Waals surface area contributed by atoms with Crippen molar-refractivity contribution in [2.75, 3.05) is 27.2 Å². The van der Waals surface area contributed by atoms with Gasteiger partial charge in [0, 0.05) is 18.0 Å². The molecule has 2 N–H and O–H groups in total. The summed E-state index contributed by atoms with van der Waals surface area (Å²) in [4.78, 5) is 2.68. The van der Waals surface area contributed by atoms with Crippen LogP contribution in [-0.2, 0) is 16.6 Å². The fourth-order valence-corrected chi connectivity index (χ4v) is 4.50. The third kappa shape index (κ3) is 4.85. The number of aliphatic hydroxyl groups excluding tert-OH is 1. The van der Waals surface area contributed by atoms with E-state index in [0.29, 0.717) is 11.4 Å². The first-order chi connectivity index (χ1) is 8.68. The van der Waals surface area contributed by atoms with Gasteiger partial charge in [-0.1, -0.05) is 13.8 Å². The molecule has 7 heteroatoms. The Labute approximate surface area is 119 Å². The van der Waals surface area contributed by atoms with Crippen molar-refractivity contribution in [3.8, 4) is 0 Å². The molecule has 0 atom stereocenters. The summed E-state index contributed by atoms with van der Waals surface area (Å²) in [6, 6.07) is 1.53. The molecule has 5 nitrogen and oxygen atoms in total. The molecular weight excluding hydrogens is 284 g/mol. The molecule has 0 aromatic carbocycles. The second kappa shape index (κ2) is 6.32. The summed E-state index contributed by atoms with van der Waals surface area (Å²) < 4.78 is 27.0. The maximum Gasteiger partial charge on any atom is 0.241 e. The van der Waals surface area contributed by atoms with Crippen molar-refractivity contribution in [3.05, 3.63) is 16.3 Å². The number of nitrogens with zero attached hydrogens (tertiary/aromatic N) is 1. The lowest BCUT2D eigenvalue weighted by Gasteiger charge is -2.28. The van der Waals surface area contributed by atoms with Gasteiger partial charge in [-0.15, -0.1) is 11.3 Å². The van der Waals surface area contributed by atoms with Crippen LogP contribution < -0.4 is 4.72 Å². The van der Waals surface area contributed by atoms with E-state index in [-0.39, 0.29) is 16.9 Å². The Morgan fingerprint density at radius 2 is 2.05 bits per heavy atom. The lowest BCUT2D eigenvalue weighted by Crippen LogP contribution is -2.40. The molecule has 0 saturated heterocycles. The first-order valence-corrected chi connectivity index (χ1v) is 8.36. The Bertz CT molecular complexity index is 507. The predicted octanol–water partition coefficient (Wildman–Crippen LogP) is 1.11. The Morgan fingerprint density at radius 3 is 2.58 bits per heavy atom. The van der Waals surface area contributed by atoms with E-state index in [9.17, 15) is 8.42 Å². The first-order valence-electron chi connectivity index (χ1n) is 5.99. The van der Waals surface area contributed by atoms with Crippen molar-refractivity contribution in [1.29, 1.82) is 0 Å². The highest BCUT2D eigenvalue weighted by molar-refractivity contribution is 7.89. The van der Waals surface area contributed by atoms with E-state index in [0.717, 1.165) is 6.54 Å². The molecule has 0 aliphatic carbocycles. The van der Waals surface area contributed by atoms with Crippen LogP contribution in [0.15, 0.2) is 16.3 Å². The molecule has 110 valence electrons. The van der Waals surface area contributed by atoms with E-state index < -0.39 is 10.0 Å². The quantitative estimate of drug-likeness (QED) is 0.792. The molecule has 1 rings (SSSR count). The molecule has 0 unspecified atom stereocenters. The average molecular weight is 306 g/mol. The van der Waals surface area contributed by atoms with Crippen LogP contribution in [0.3, 0.4) is 0 Å². The van der Waals surface area contributed by atoms with Crippen LogP contribution in [0.5, 0.6) is 0 Å². The maximum atomic E-state index is 12.2. The van der Waals surface area contributed by atoms with Gasteiger partial charge in [-0.3, -0.25) is 0 Å². The maximum absolute atomic E-state index is 12.2. The Hall–Kier alpha value is -0.470. The molecule has 0 radical (unpaired) electrons. The van der Waals surface area contributed by atoms with Crippen molar-refractivity contribution < 1.29 is 13.5 Å². The molecule has 0 fully saturated rings. The summed E-state index contributed by atoms with van der Waals surface area (Å²) in [6.45, 7) is 4.90. The van der Waals surface area contributed by atoms with Gasteiger partial charge in [0.05, 0.1) is 11.5 Å². The Kier molecular flexibility index (Phi) is 5.52. The monoisotopic (exact) mass is 306 g/mol. The molecule has 0 amide bonds. The van der Waals surface area contributed by atoms with Gasteiger partial charge < -0.3 is 10.0 Å². The van der Waals surface area contributed by atoms with E-state index in [1.807, 2.05) is 32.8 Å². The van der Waals surface area contributed by atoms with Gasteiger partial charge in [-0.25, -0.2) is 13.1 Å². The molecule has 0 spiro atoms. The zero-order chi connectivity index (χ0) is 14.7. The topological polar surface area (TPSA) is 69.6 Å². The number of hydrogen-bond donors (Lipinski definition) is 2. The fraction of sp³-hybridized carbons (Fsp3) is 0.667. The van der Waals surface area contributed by atoms with Crippen LogP contribution in [0, 0.1) is 5.41 Å². The summed E-state index contributed by atoms with van der Waals surface area (Å²) in [5.41, 5.74) is -0.161. The summed E-state index contributed by atoms with van der Waals surface area (Å²) in [6.07, 6.45) is 0. The van der Waals surface area contributed by atoms with E-state index in [2.05, 4.69) is 4.72 Å². The molecule has 0 saturated carbocycles.